The van der Waals surface area contributed by atoms with Crippen LogP contribution in [0.5, 0.6) is 0 Å². The fourth-order valence-electron chi connectivity index (χ4n) is 3.59. The molecule has 36 heavy (non-hydrogen) atoms. The van der Waals surface area contributed by atoms with Gasteiger partial charge in [-0.25, -0.2) is 14.8 Å². The minimum atomic E-state index is -0.750. The van der Waals surface area contributed by atoms with Gasteiger partial charge in [-0.05, 0) is 29.7 Å². The highest BCUT2D eigenvalue weighted by atomic mass is 35.5. The van der Waals surface area contributed by atoms with Gasteiger partial charge in [0.15, 0.2) is 28.4 Å². The smallest absolute Gasteiger partial charge is 0.326 e. The number of aromatic nitrogens is 2. The minimum absolute atomic E-state index is 0.0932. The molecule has 8 N–H and O–H groups in total. The monoisotopic (exact) mass is 505 g/mol. The van der Waals surface area contributed by atoms with Crippen LogP contribution in [0.2, 0.25) is 5.15 Å². The number of nitrogen functional groups attached to an aromatic ring is 2. The van der Waals surface area contributed by atoms with Crippen molar-refractivity contribution in [3.05, 3.63) is 70.5 Å². The Morgan fingerprint density at radius 2 is 1.47 bits per heavy atom. The standard InChI is InChI=1S/C24H24ClN9O2/c25-19-21(27)32-20(26)18(31-19)22(35)33-23(28)29-12-5-13-30-24(36)34-16-8-3-1-6-14(16)10-11-15-7-2-4-9-17(15)34/h1-4,6-11H,5,12-13H2,(H,30,36)(H4,26,27,32)(H3,28,29,33,35). The third-order valence-electron chi connectivity index (χ3n) is 5.29. The molecule has 0 aliphatic carbocycles. The molecule has 0 fully saturated rings. The summed E-state index contributed by atoms with van der Waals surface area (Å²) < 4.78 is 0. The number of anilines is 4. The SMILES string of the molecule is N=C(NCCCNC(=O)N1c2ccccc2C=Cc2ccccc21)NC(=O)c1nc(Cl)c(N)nc1N. The fourth-order valence-corrected chi connectivity index (χ4v) is 3.72. The molecule has 0 unspecified atom stereocenters. The van der Waals surface area contributed by atoms with Crippen LogP contribution in [0.3, 0.4) is 0 Å². The van der Waals surface area contributed by atoms with Crippen molar-refractivity contribution in [1.29, 1.82) is 5.41 Å². The second-order valence-electron chi connectivity index (χ2n) is 7.76. The number of urea groups is 1. The Hall–Kier alpha value is -4.64. The summed E-state index contributed by atoms with van der Waals surface area (Å²) in [4.78, 5) is 34.7. The number of para-hydroxylation sites is 2. The van der Waals surface area contributed by atoms with Gasteiger partial charge in [-0.1, -0.05) is 60.2 Å². The summed E-state index contributed by atoms with van der Waals surface area (Å²) in [5.41, 5.74) is 14.3. The maximum Gasteiger partial charge on any atom is 0.326 e. The number of fused-ring (bicyclic) bond motifs is 2. The Kier molecular flexibility index (Phi) is 7.31. The molecular formula is C24H24ClN9O2. The van der Waals surface area contributed by atoms with Crippen LogP contribution < -0.4 is 32.3 Å². The van der Waals surface area contributed by atoms with Crippen LogP contribution in [0.15, 0.2) is 48.5 Å². The molecule has 1 aliphatic heterocycles. The molecule has 3 aromatic rings. The van der Waals surface area contributed by atoms with E-state index in [1.54, 1.807) is 4.90 Å². The Balaban J connectivity index is 1.30. The number of amides is 3. The van der Waals surface area contributed by atoms with E-state index in [0.717, 1.165) is 22.5 Å². The molecule has 12 heteroatoms. The maximum absolute atomic E-state index is 13.2. The van der Waals surface area contributed by atoms with Crippen molar-refractivity contribution in [3.8, 4) is 0 Å². The second-order valence-corrected chi connectivity index (χ2v) is 8.12. The van der Waals surface area contributed by atoms with E-state index < -0.39 is 5.91 Å². The zero-order valence-electron chi connectivity index (χ0n) is 19.1. The van der Waals surface area contributed by atoms with Crippen LogP contribution in [0.4, 0.5) is 27.8 Å². The van der Waals surface area contributed by atoms with Gasteiger partial charge in [0.25, 0.3) is 5.91 Å². The average Bonchev–Trinajstić information content (AvgIpc) is 3.03. The van der Waals surface area contributed by atoms with E-state index in [4.69, 9.17) is 28.5 Å². The van der Waals surface area contributed by atoms with E-state index in [9.17, 15) is 9.59 Å². The number of carbonyl (C=O) groups excluding carboxylic acids is 2. The number of carbonyl (C=O) groups is 2. The van der Waals surface area contributed by atoms with E-state index in [1.807, 2.05) is 60.7 Å². The van der Waals surface area contributed by atoms with Gasteiger partial charge in [0.1, 0.15) is 0 Å². The zero-order valence-corrected chi connectivity index (χ0v) is 19.8. The van der Waals surface area contributed by atoms with Crippen LogP contribution in [-0.2, 0) is 0 Å². The first-order valence-corrected chi connectivity index (χ1v) is 11.4. The molecule has 0 spiro atoms. The summed E-state index contributed by atoms with van der Waals surface area (Å²) in [5.74, 6) is -1.30. The average molecular weight is 506 g/mol. The first-order valence-electron chi connectivity index (χ1n) is 11.0. The third kappa shape index (κ3) is 5.36. The molecule has 0 bridgehead atoms. The molecular weight excluding hydrogens is 482 g/mol. The van der Waals surface area contributed by atoms with Crippen LogP contribution >= 0.6 is 11.6 Å². The van der Waals surface area contributed by atoms with Crippen LogP contribution in [-0.4, -0.2) is 41.0 Å². The molecule has 0 saturated carbocycles. The van der Waals surface area contributed by atoms with Crippen molar-refractivity contribution in [2.45, 2.75) is 6.42 Å². The van der Waals surface area contributed by atoms with Gasteiger partial charge >= 0.3 is 6.03 Å². The van der Waals surface area contributed by atoms with E-state index in [-0.39, 0.29) is 34.5 Å². The van der Waals surface area contributed by atoms with E-state index in [1.165, 1.54) is 0 Å². The highest BCUT2D eigenvalue weighted by Crippen LogP contribution is 2.36. The molecule has 4 rings (SSSR count). The van der Waals surface area contributed by atoms with Gasteiger partial charge in [-0.2, -0.15) is 0 Å². The first kappa shape index (κ1) is 24.5. The van der Waals surface area contributed by atoms with Crippen molar-refractivity contribution in [3.63, 3.8) is 0 Å². The number of nitrogens with one attached hydrogen (secondary N) is 4. The zero-order chi connectivity index (χ0) is 25.7. The minimum Gasteiger partial charge on any atom is -0.382 e. The number of hydrogen-bond acceptors (Lipinski definition) is 7. The molecule has 2 aromatic carbocycles. The summed E-state index contributed by atoms with van der Waals surface area (Å²) in [7, 11) is 0. The quantitative estimate of drug-likeness (QED) is 0.175. The normalized spacial score (nSPS) is 11.6. The highest BCUT2D eigenvalue weighted by Gasteiger charge is 2.23. The number of rotatable bonds is 5. The Bertz CT molecular complexity index is 1310. The van der Waals surface area contributed by atoms with E-state index in [2.05, 4.69) is 25.9 Å². The first-order chi connectivity index (χ1) is 17.3. The van der Waals surface area contributed by atoms with Gasteiger partial charge < -0.3 is 22.1 Å². The number of hydrogen-bond donors (Lipinski definition) is 6. The van der Waals surface area contributed by atoms with E-state index in [0.29, 0.717) is 19.5 Å². The lowest BCUT2D eigenvalue weighted by atomic mass is 10.1. The predicted molar refractivity (Wildman–Crippen MR) is 141 cm³/mol. The molecule has 3 amide bonds. The highest BCUT2D eigenvalue weighted by molar-refractivity contribution is 6.31. The Morgan fingerprint density at radius 1 is 0.889 bits per heavy atom. The number of nitrogens with two attached hydrogens (primary N) is 2. The summed E-state index contributed by atoms with van der Waals surface area (Å²) in [5, 5.41) is 15.7. The van der Waals surface area contributed by atoms with Gasteiger partial charge in [-0.3, -0.25) is 20.4 Å². The van der Waals surface area contributed by atoms with Gasteiger partial charge in [0.2, 0.25) is 0 Å². The summed E-state index contributed by atoms with van der Waals surface area (Å²) in [6, 6.07) is 15.1. The van der Waals surface area contributed by atoms with Crippen LogP contribution in [0.1, 0.15) is 28.0 Å². The predicted octanol–water partition coefficient (Wildman–Crippen LogP) is 2.97. The van der Waals surface area contributed by atoms with Crippen molar-refractivity contribution >= 4 is 64.7 Å². The fraction of sp³-hybridized carbons (Fsp3) is 0.125. The van der Waals surface area contributed by atoms with Gasteiger partial charge in [-0.15, -0.1) is 0 Å². The lowest BCUT2D eigenvalue weighted by Crippen LogP contribution is -2.42. The third-order valence-corrected chi connectivity index (χ3v) is 5.57. The number of nitrogens with zero attached hydrogens (tertiary/aromatic N) is 3. The summed E-state index contributed by atoms with van der Waals surface area (Å²) in [6.45, 7) is 0.658. The number of guanidine groups is 1. The maximum atomic E-state index is 13.2. The van der Waals surface area contributed by atoms with E-state index >= 15 is 0 Å². The second kappa shape index (κ2) is 10.7. The van der Waals surface area contributed by atoms with Crippen LogP contribution in [0, 0.1) is 5.41 Å². The van der Waals surface area contributed by atoms with Crippen LogP contribution in [0.25, 0.3) is 12.2 Å². The molecule has 184 valence electrons. The topological polar surface area (TPSA) is 175 Å². The van der Waals surface area contributed by atoms with Crippen molar-refractivity contribution in [2.75, 3.05) is 29.5 Å². The molecule has 0 saturated heterocycles. The lowest BCUT2D eigenvalue weighted by molar-refractivity contribution is 0.0971. The number of benzene rings is 2. The van der Waals surface area contributed by atoms with Crippen molar-refractivity contribution in [2.24, 2.45) is 0 Å². The van der Waals surface area contributed by atoms with Gasteiger partial charge in [0, 0.05) is 13.1 Å². The largest absolute Gasteiger partial charge is 0.382 e. The molecule has 0 radical (unpaired) electrons. The Labute approximate surface area is 212 Å². The molecule has 1 aromatic heterocycles. The molecule has 11 nitrogen and oxygen atoms in total. The van der Waals surface area contributed by atoms with Crippen molar-refractivity contribution in [1.82, 2.24) is 25.9 Å². The van der Waals surface area contributed by atoms with Crippen molar-refractivity contribution < 1.29 is 9.59 Å². The van der Waals surface area contributed by atoms with Gasteiger partial charge in [0.05, 0.1) is 11.4 Å². The lowest BCUT2D eigenvalue weighted by Gasteiger charge is -2.25. The number of halogens is 1. The molecule has 0 atom stereocenters. The Morgan fingerprint density at radius 3 is 2.11 bits per heavy atom. The molecule has 1 aliphatic rings. The molecule has 2 heterocycles. The summed E-state index contributed by atoms with van der Waals surface area (Å²) in [6.07, 6.45) is 4.47. The summed E-state index contributed by atoms with van der Waals surface area (Å²) >= 11 is 5.79.